The Morgan fingerprint density at radius 3 is 2.56 bits per heavy atom. The molecule has 1 aliphatic heterocycles. The van der Waals surface area contributed by atoms with E-state index in [0.29, 0.717) is 34.8 Å². The summed E-state index contributed by atoms with van der Waals surface area (Å²) in [6.07, 6.45) is 0. The molecule has 0 saturated carbocycles. The number of amides is 2. The van der Waals surface area contributed by atoms with Crippen molar-refractivity contribution in [3.05, 3.63) is 74.6 Å². The Morgan fingerprint density at radius 2 is 1.91 bits per heavy atom. The zero-order chi connectivity index (χ0) is 23.0. The van der Waals surface area contributed by atoms with Gasteiger partial charge in [0.25, 0.3) is 11.8 Å². The van der Waals surface area contributed by atoms with E-state index in [-0.39, 0.29) is 29.3 Å². The molecule has 1 atom stereocenters. The van der Waals surface area contributed by atoms with Crippen LogP contribution in [0, 0.1) is 0 Å². The zero-order valence-corrected chi connectivity index (χ0v) is 18.4. The minimum absolute atomic E-state index is 0.0441. The first kappa shape index (κ1) is 21.9. The molecule has 9 heteroatoms. The van der Waals surface area contributed by atoms with Gasteiger partial charge in [0.15, 0.2) is 12.0 Å². The summed E-state index contributed by atoms with van der Waals surface area (Å²) in [5.74, 6) is -0.422. The third kappa shape index (κ3) is 4.06. The van der Waals surface area contributed by atoms with E-state index in [9.17, 15) is 14.4 Å². The molecule has 0 fully saturated rings. The van der Waals surface area contributed by atoms with E-state index in [1.165, 1.54) is 0 Å². The van der Waals surface area contributed by atoms with Crippen LogP contribution in [0.3, 0.4) is 0 Å². The molecular formula is C23H22ClN3O5. The first-order valence-electron chi connectivity index (χ1n) is 9.99. The monoisotopic (exact) mass is 455 g/mol. The topological polar surface area (TPSA) is 106 Å². The Bertz CT molecular complexity index is 1250. The fourth-order valence-electron chi connectivity index (χ4n) is 3.78. The Kier molecular flexibility index (Phi) is 5.90. The van der Waals surface area contributed by atoms with Crippen LogP contribution in [-0.4, -0.2) is 55.4 Å². The third-order valence-corrected chi connectivity index (χ3v) is 5.53. The molecular weight excluding hydrogens is 434 g/mol. The molecule has 8 nitrogen and oxygen atoms in total. The number of likely N-dealkylation sites (N-methyl/N-ethyl adjacent to an activating group) is 1. The van der Waals surface area contributed by atoms with Crippen molar-refractivity contribution in [3.8, 4) is 5.75 Å². The molecule has 1 aliphatic rings. The first-order valence-corrected chi connectivity index (χ1v) is 10.4. The summed E-state index contributed by atoms with van der Waals surface area (Å²) in [5, 5.41) is 0.732. The highest BCUT2D eigenvalue weighted by Crippen LogP contribution is 2.38. The van der Waals surface area contributed by atoms with Gasteiger partial charge >= 0.3 is 0 Å². The van der Waals surface area contributed by atoms with Crippen LogP contribution in [0.25, 0.3) is 11.0 Å². The van der Waals surface area contributed by atoms with Crippen molar-refractivity contribution < 1.29 is 18.7 Å². The van der Waals surface area contributed by atoms with Gasteiger partial charge in [0, 0.05) is 18.1 Å². The number of nitrogens with zero attached hydrogens (tertiary/aromatic N) is 2. The molecule has 0 bridgehead atoms. The number of fused-ring (bicyclic) bond motifs is 2. The number of ether oxygens (including phenoxy) is 1. The van der Waals surface area contributed by atoms with Crippen LogP contribution < -0.4 is 15.9 Å². The fourth-order valence-corrected chi connectivity index (χ4v) is 3.95. The lowest BCUT2D eigenvalue weighted by Gasteiger charge is -2.26. The second-order valence-corrected chi connectivity index (χ2v) is 8.28. The lowest BCUT2D eigenvalue weighted by atomic mass is 9.98. The van der Waals surface area contributed by atoms with Crippen molar-refractivity contribution in [2.75, 3.05) is 33.8 Å². The summed E-state index contributed by atoms with van der Waals surface area (Å²) in [4.78, 5) is 41.3. The second kappa shape index (κ2) is 8.64. The van der Waals surface area contributed by atoms with Crippen LogP contribution in [0.15, 0.2) is 51.7 Å². The number of carbonyl (C=O) groups excluding carboxylic acids is 2. The first-order chi connectivity index (χ1) is 15.3. The molecule has 1 aromatic heterocycles. The minimum atomic E-state index is -0.623. The summed E-state index contributed by atoms with van der Waals surface area (Å²) < 4.78 is 11.2. The van der Waals surface area contributed by atoms with Crippen LogP contribution in [0.4, 0.5) is 0 Å². The molecule has 2 heterocycles. The number of hydrogen-bond donors (Lipinski definition) is 1. The predicted molar refractivity (Wildman–Crippen MR) is 120 cm³/mol. The standard InChI is InChI=1S/C23H22ClN3O5/c1-26(2)9-10-27-20(13-3-6-15(7-4-13)31-12-18(25)28)19-21(29)16-11-14(24)5-8-17(16)32-22(19)23(27)30/h3-8,11,20H,9-10,12H2,1-2H3,(H2,25,28). The van der Waals surface area contributed by atoms with Gasteiger partial charge in [-0.25, -0.2) is 0 Å². The van der Waals surface area contributed by atoms with Crippen LogP contribution in [0.2, 0.25) is 5.02 Å². The number of halogens is 1. The van der Waals surface area contributed by atoms with Gasteiger partial charge in [0.2, 0.25) is 5.76 Å². The van der Waals surface area contributed by atoms with Crippen LogP contribution in [0.5, 0.6) is 5.75 Å². The quantitative estimate of drug-likeness (QED) is 0.586. The number of hydrogen-bond acceptors (Lipinski definition) is 6. The second-order valence-electron chi connectivity index (χ2n) is 7.84. The predicted octanol–water partition coefficient (Wildman–Crippen LogP) is 2.42. The van der Waals surface area contributed by atoms with Crippen LogP contribution in [-0.2, 0) is 4.79 Å². The van der Waals surface area contributed by atoms with E-state index < -0.39 is 11.9 Å². The number of nitrogens with two attached hydrogens (primary N) is 1. The molecule has 32 heavy (non-hydrogen) atoms. The molecule has 2 amide bonds. The molecule has 0 radical (unpaired) electrons. The fraction of sp³-hybridized carbons (Fsp3) is 0.261. The van der Waals surface area contributed by atoms with Gasteiger partial charge in [-0.1, -0.05) is 23.7 Å². The third-order valence-electron chi connectivity index (χ3n) is 5.29. The van der Waals surface area contributed by atoms with E-state index in [1.54, 1.807) is 47.4 Å². The summed E-state index contributed by atoms with van der Waals surface area (Å²) in [6.45, 7) is 0.766. The Balaban J connectivity index is 1.82. The molecule has 0 spiro atoms. The van der Waals surface area contributed by atoms with Gasteiger partial charge in [-0.15, -0.1) is 0 Å². The van der Waals surface area contributed by atoms with E-state index >= 15 is 0 Å². The highest BCUT2D eigenvalue weighted by Gasteiger charge is 2.42. The van der Waals surface area contributed by atoms with Crippen molar-refractivity contribution in [2.45, 2.75) is 6.04 Å². The number of rotatable bonds is 7. The highest BCUT2D eigenvalue weighted by molar-refractivity contribution is 6.31. The summed E-state index contributed by atoms with van der Waals surface area (Å²) in [5.41, 5.74) is 6.15. The van der Waals surface area contributed by atoms with Gasteiger partial charge in [0.05, 0.1) is 17.0 Å². The SMILES string of the molecule is CN(C)CCN1C(=O)c2oc3ccc(Cl)cc3c(=O)c2C1c1ccc(OCC(N)=O)cc1. The van der Waals surface area contributed by atoms with E-state index in [2.05, 4.69) is 0 Å². The highest BCUT2D eigenvalue weighted by atomic mass is 35.5. The maximum absolute atomic E-state index is 13.4. The molecule has 0 aliphatic carbocycles. The molecule has 2 N–H and O–H groups in total. The van der Waals surface area contributed by atoms with Crippen molar-refractivity contribution in [2.24, 2.45) is 5.73 Å². The molecule has 166 valence electrons. The van der Waals surface area contributed by atoms with Gasteiger partial charge < -0.3 is 24.7 Å². The van der Waals surface area contributed by atoms with Crippen molar-refractivity contribution in [3.63, 3.8) is 0 Å². The Morgan fingerprint density at radius 1 is 1.19 bits per heavy atom. The van der Waals surface area contributed by atoms with Gasteiger partial charge in [-0.2, -0.15) is 0 Å². The maximum atomic E-state index is 13.4. The lowest BCUT2D eigenvalue weighted by molar-refractivity contribution is -0.119. The summed E-state index contributed by atoms with van der Waals surface area (Å²) in [7, 11) is 3.82. The summed E-state index contributed by atoms with van der Waals surface area (Å²) >= 11 is 6.10. The Labute approximate surface area is 189 Å². The molecule has 0 saturated heterocycles. The number of benzene rings is 2. The maximum Gasteiger partial charge on any atom is 0.290 e. The molecule has 1 unspecified atom stereocenters. The minimum Gasteiger partial charge on any atom is -0.484 e. The van der Waals surface area contributed by atoms with Crippen LogP contribution >= 0.6 is 11.6 Å². The normalized spacial score (nSPS) is 15.4. The zero-order valence-electron chi connectivity index (χ0n) is 17.6. The molecule has 3 aromatic rings. The van der Waals surface area contributed by atoms with E-state index in [0.717, 1.165) is 5.56 Å². The lowest BCUT2D eigenvalue weighted by Crippen LogP contribution is -2.35. The molecule has 4 rings (SSSR count). The summed E-state index contributed by atoms with van der Waals surface area (Å²) in [6, 6.07) is 11.0. The van der Waals surface area contributed by atoms with E-state index in [4.69, 9.17) is 26.5 Å². The number of carbonyl (C=O) groups is 2. The van der Waals surface area contributed by atoms with Crippen molar-refractivity contribution in [1.29, 1.82) is 0 Å². The average Bonchev–Trinajstić information content (AvgIpc) is 3.03. The van der Waals surface area contributed by atoms with Crippen LogP contribution in [0.1, 0.15) is 27.7 Å². The average molecular weight is 456 g/mol. The largest absolute Gasteiger partial charge is 0.484 e. The molecule has 2 aromatic carbocycles. The van der Waals surface area contributed by atoms with Gasteiger partial charge in [-0.05, 0) is 50.0 Å². The van der Waals surface area contributed by atoms with Crippen molar-refractivity contribution >= 4 is 34.4 Å². The number of primary amides is 1. The van der Waals surface area contributed by atoms with Gasteiger partial charge in [0.1, 0.15) is 11.3 Å². The van der Waals surface area contributed by atoms with E-state index in [1.807, 2.05) is 19.0 Å². The van der Waals surface area contributed by atoms with Gasteiger partial charge in [-0.3, -0.25) is 14.4 Å². The Hall–Kier alpha value is -3.36. The van der Waals surface area contributed by atoms with Crippen molar-refractivity contribution in [1.82, 2.24) is 9.80 Å². The smallest absolute Gasteiger partial charge is 0.290 e.